The van der Waals surface area contributed by atoms with Crippen LogP contribution in [0.3, 0.4) is 0 Å². The van der Waals surface area contributed by atoms with Crippen LogP contribution in [0.1, 0.15) is 62.3 Å². The Hall–Kier alpha value is 3.43. The zero-order chi connectivity index (χ0) is 45.1. The van der Waals surface area contributed by atoms with Crippen LogP contribution in [0.5, 0.6) is 0 Å². The molecule has 2 fully saturated rings. The number of ether oxygens (including phenoxy) is 2. The molecule has 16 nitrogen and oxygen atoms in total. The van der Waals surface area contributed by atoms with Crippen molar-refractivity contribution in [2.75, 3.05) is 12.5 Å². The molecule has 2 saturated heterocycles. The molecule has 0 amide bonds. The largest absolute Gasteiger partial charge is 0 e. The maximum atomic E-state index is 9.37. The van der Waals surface area contributed by atoms with Crippen molar-refractivity contribution >= 4 is 168 Å². The van der Waals surface area contributed by atoms with E-state index < -0.39 is 60.6 Å². The Morgan fingerprint density at radius 2 is 0.722 bits per heavy atom. The van der Waals surface area contributed by atoms with Crippen molar-refractivity contribution in [2.24, 2.45) is 0 Å². The molecule has 2 unspecified atom stereocenters. The van der Waals surface area contributed by atoms with E-state index in [-0.39, 0.29) is 23.5 Å². The molecule has 0 aromatic heterocycles. The van der Waals surface area contributed by atoms with Crippen molar-refractivity contribution in [3.63, 3.8) is 0 Å². The number of hydrogen-bond acceptors (Lipinski definition) is 18. The number of carbonyl (C=O) groups excluding carboxylic acids is 7. The first-order valence-electron chi connectivity index (χ1n) is 14.2. The van der Waals surface area contributed by atoms with Crippen LogP contribution in [0.4, 0.5) is 0 Å². The Kier molecular flexibility index (Phi) is 121. The van der Waals surface area contributed by atoms with Gasteiger partial charge in [-0.05, 0) is 74.8 Å². The molecule has 2 heterocycles. The fraction of sp³-hybridized carbons (Fsp3) is 0.750. The Labute approximate surface area is 409 Å². The van der Waals surface area contributed by atoms with Crippen molar-refractivity contribution in [1.82, 2.24) is 0 Å². The van der Waals surface area contributed by atoms with Gasteiger partial charge in [0.1, 0.15) is 86.1 Å². The summed E-state index contributed by atoms with van der Waals surface area (Å²) in [6, 6.07) is 0. The fourth-order valence-electron chi connectivity index (χ4n) is 2.24. The SMILES string of the molecule is CC=O.CC=O.CC=O.CC=O.CC=O.CC=O.CC=O.CS.CSC1O[C@@H](C)[C@@H](O)[C@@H](O)[C@@H]1O.C[C@@H]1OC(O)[C@@H](O)[C@H](O)[C@@H]1O.[I][V]([I])[I].[I][V][I].[V]. The zero-order valence-corrected chi connectivity index (χ0v) is 48.4. The van der Waals surface area contributed by atoms with Crippen LogP contribution in [0.25, 0.3) is 0 Å². The van der Waals surface area contributed by atoms with Crippen LogP contribution in [-0.4, -0.2) is 153 Å². The van der Waals surface area contributed by atoms with Crippen molar-refractivity contribution in [3.05, 3.63) is 0 Å². The third-order valence-corrected chi connectivity index (χ3v) is 4.72. The molecule has 0 aromatic carbocycles. The van der Waals surface area contributed by atoms with Gasteiger partial charge in [0.25, 0.3) is 0 Å². The van der Waals surface area contributed by atoms with Crippen LogP contribution in [0.2, 0.25) is 0 Å². The van der Waals surface area contributed by atoms with Gasteiger partial charge in [0.15, 0.2) is 6.29 Å². The van der Waals surface area contributed by atoms with Gasteiger partial charge in [0, 0.05) is 18.6 Å². The summed E-state index contributed by atoms with van der Waals surface area (Å²) >= 11 is 17.0. The number of aliphatic hydroxyl groups is 7. The molecule has 2 aliphatic rings. The minimum Gasteiger partial charge on any atom is 0 e. The van der Waals surface area contributed by atoms with Crippen LogP contribution in [-0.2, 0) is 76.0 Å². The first-order valence-corrected chi connectivity index (χ1v) is 38.9. The van der Waals surface area contributed by atoms with E-state index in [2.05, 4.69) is 117 Å². The topological polar surface area (TPSA) is 280 Å². The molecular formula is C28H58I5O16S2V3. The molecule has 10 atom stereocenters. The van der Waals surface area contributed by atoms with Crippen LogP contribution in [0, 0.1) is 0 Å². The molecule has 328 valence electrons. The fourth-order valence-corrected chi connectivity index (χ4v) is 2.96. The number of rotatable bonds is 1. The number of aldehydes is 7. The Morgan fingerprint density at radius 1 is 0.537 bits per heavy atom. The number of halogens is 5. The standard InChI is InChI=1S/C7H14O4S.C6H12O5.7C2H4O.CH4S.5HI.3V/c1-3-4(8)5(9)6(10)7(11-3)12-2;1-2-3(7)4(8)5(9)6(10)11-2;7*1-2-3;1-2;;;;;;;;/h3-10H,1-2H3;2-10H,1H3;7*2H,1H3;2H,1H3;5*1H;;;/q;;;;;;;;;;;;;;;;+2;+3/p-5/t3-,4+,5+,6-,7?;2-,3+,4+,5-,6?;;;;;;;;;;;;;;;;/m00................/s1. The Bertz CT molecular complexity index is 677. The van der Waals surface area contributed by atoms with Gasteiger partial charge < -0.3 is 78.8 Å². The van der Waals surface area contributed by atoms with Gasteiger partial charge in [-0.2, -0.15) is 12.6 Å². The van der Waals surface area contributed by atoms with Gasteiger partial charge in [-0.1, -0.05) is 0 Å². The summed E-state index contributed by atoms with van der Waals surface area (Å²) in [7, 11) is 0.628. The molecule has 2 rings (SSSR count). The zero-order valence-electron chi connectivity index (χ0n) is 31.7. The molecule has 0 aromatic rings. The van der Waals surface area contributed by atoms with Crippen molar-refractivity contribution in [3.8, 4) is 0 Å². The maximum absolute atomic E-state index is 9.37. The second-order valence-corrected chi connectivity index (χ2v) is 55.6. The van der Waals surface area contributed by atoms with Crippen molar-refractivity contribution in [1.29, 1.82) is 0 Å². The number of aliphatic hydroxyl groups excluding tert-OH is 7. The summed E-state index contributed by atoms with van der Waals surface area (Å²) in [5, 5.41) is 64.0. The van der Waals surface area contributed by atoms with E-state index in [9.17, 15) is 15.3 Å². The van der Waals surface area contributed by atoms with Gasteiger partial charge in [-0.15, -0.1) is 11.8 Å². The second kappa shape index (κ2) is 77.1. The molecule has 54 heavy (non-hydrogen) atoms. The van der Waals surface area contributed by atoms with E-state index in [1.165, 1.54) is 67.2 Å². The summed E-state index contributed by atoms with van der Waals surface area (Å²) in [6.07, 6.45) is -0.804. The molecule has 0 spiro atoms. The number of thiol groups is 1. The minimum absolute atomic E-state index is 0. The van der Waals surface area contributed by atoms with Crippen LogP contribution in [0.15, 0.2) is 0 Å². The molecule has 2 aliphatic heterocycles. The molecule has 0 bridgehead atoms. The molecule has 0 aliphatic carbocycles. The third-order valence-electron chi connectivity index (χ3n) is 3.87. The Balaban J connectivity index is -0.0000000446. The minimum atomic E-state index is -1.43. The van der Waals surface area contributed by atoms with Gasteiger partial charge in [-0.25, -0.2) is 0 Å². The predicted octanol–water partition coefficient (Wildman–Crippen LogP) is 3.39. The van der Waals surface area contributed by atoms with Gasteiger partial charge >= 0.3 is 114 Å². The second-order valence-electron chi connectivity index (χ2n) is 7.53. The quantitative estimate of drug-likeness (QED) is 0.106. The normalized spacial score (nSPS) is 24.4. The van der Waals surface area contributed by atoms with E-state index in [0.29, 0.717) is 9.47 Å². The average Bonchev–Trinajstić information content (AvgIpc) is 3.07. The molecule has 26 heteroatoms. The summed E-state index contributed by atoms with van der Waals surface area (Å²) in [6.45, 7) is 13.3. The van der Waals surface area contributed by atoms with E-state index in [1.54, 1.807) is 19.4 Å². The summed E-state index contributed by atoms with van der Waals surface area (Å²) in [4.78, 5) is 61.4. The monoisotopic (exact) mass is 1500 g/mol. The molecule has 0 saturated carbocycles. The van der Waals surface area contributed by atoms with Gasteiger partial charge in [0.05, 0.1) is 12.2 Å². The average molecular weight is 1500 g/mol. The number of hydrogen-bond donors (Lipinski definition) is 8. The molecular weight excluding hydrogens is 1440 g/mol. The van der Waals surface area contributed by atoms with Crippen LogP contribution < -0.4 is 0 Å². The van der Waals surface area contributed by atoms with E-state index >= 15 is 0 Å². The van der Waals surface area contributed by atoms with E-state index in [4.69, 9.17) is 58.7 Å². The number of carbonyl (C=O) groups is 7. The maximum Gasteiger partial charge on any atom is 0 e. The Morgan fingerprint density at radius 3 is 0.926 bits per heavy atom. The summed E-state index contributed by atoms with van der Waals surface area (Å²) in [5.41, 5.74) is -0.446. The summed E-state index contributed by atoms with van der Waals surface area (Å²) in [5.74, 6) is 0. The van der Waals surface area contributed by atoms with Crippen LogP contribution >= 0.6 is 124 Å². The first kappa shape index (κ1) is 84.8. The van der Waals surface area contributed by atoms with Gasteiger partial charge in [0.2, 0.25) is 0 Å². The molecule has 7 N–H and O–H groups in total. The van der Waals surface area contributed by atoms with Gasteiger partial charge in [-0.3, -0.25) is 0 Å². The van der Waals surface area contributed by atoms with Crippen molar-refractivity contribution in [2.45, 2.75) is 123 Å². The first-order chi connectivity index (χ1) is 24.7. The summed E-state index contributed by atoms with van der Waals surface area (Å²) < 4.78 is 9.91. The van der Waals surface area contributed by atoms with E-state index in [0.717, 1.165) is 44.0 Å². The smallest absolute Gasteiger partial charge is 0 e. The third kappa shape index (κ3) is 79.6. The molecule has 1 radical (unpaired) electrons. The number of thioether (sulfide) groups is 1. The van der Waals surface area contributed by atoms with E-state index in [1.807, 2.05) is 0 Å². The van der Waals surface area contributed by atoms with Crippen molar-refractivity contribution < 1.29 is 112 Å². The predicted molar refractivity (Wildman–Crippen MR) is 248 cm³/mol.